The van der Waals surface area contributed by atoms with E-state index in [1.54, 1.807) is 48.5 Å². The molecule has 0 unspecified atom stereocenters. The van der Waals surface area contributed by atoms with Crippen LogP contribution in [-0.2, 0) is 4.79 Å². The van der Waals surface area contributed by atoms with Crippen molar-refractivity contribution in [3.63, 3.8) is 0 Å². The number of aromatic nitrogens is 2. The Hall–Kier alpha value is -3.13. The molecule has 0 bridgehead atoms. The maximum atomic E-state index is 12.2. The van der Waals surface area contributed by atoms with Crippen LogP contribution in [0.15, 0.2) is 58.5 Å². The third-order valence-electron chi connectivity index (χ3n) is 3.68. The smallest absolute Gasteiger partial charge is 0.280 e. The van der Waals surface area contributed by atoms with Crippen molar-refractivity contribution >= 4 is 40.0 Å². The van der Waals surface area contributed by atoms with Crippen molar-refractivity contribution in [2.24, 2.45) is 0 Å². The molecule has 1 amide bonds. The number of anilines is 1. The first kappa shape index (κ1) is 17.7. The number of ketones is 1. The minimum absolute atomic E-state index is 0.0381. The molecule has 7 nitrogen and oxygen atoms in total. The summed E-state index contributed by atoms with van der Waals surface area (Å²) < 4.78 is 0.946. The second-order valence-corrected chi connectivity index (χ2v) is 6.50. The number of nitrogens with one attached hydrogen (secondary N) is 1. The number of nitrogens with zero attached hydrogens (tertiary/aromatic N) is 2. The first-order valence-corrected chi connectivity index (χ1v) is 8.75. The molecule has 3 N–H and O–H groups in total. The molecule has 0 atom stereocenters. The van der Waals surface area contributed by atoms with Gasteiger partial charge in [-0.25, -0.2) is 9.66 Å². The fourth-order valence-electron chi connectivity index (χ4n) is 2.34. The molecule has 2 aromatic carbocycles. The van der Waals surface area contributed by atoms with Gasteiger partial charge in [-0.2, -0.15) is 0 Å². The quantitative estimate of drug-likeness (QED) is 0.309. The van der Waals surface area contributed by atoms with Crippen LogP contribution in [0.25, 0.3) is 10.9 Å². The molecule has 0 aliphatic carbocycles. The molecule has 0 fully saturated rings. The SMILES string of the molecule is CC(=O)c1ccc(NC(=O)CSc2nc3ccccc3c(=O)n2N)cc1. The molecule has 132 valence electrons. The molecule has 0 saturated heterocycles. The Kier molecular flexibility index (Phi) is 5.04. The lowest BCUT2D eigenvalue weighted by molar-refractivity contribution is -0.113. The fraction of sp³-hybridized carbons (Fsp3) is 0.111. The van der Waals surface area contributed by atoms with Crippen molar-refractivity contribution in [2.45, 2.75) is 12.1 Å². The molecule has 1 aromatic heterocycles. The molecule has 8 heteroatoms. The lowest BCUT2D eigenvalue weighted by Crippen LogP contribution is -2.30. The zero-order chi connectivity index (χ0) is 18.7. The van der Waals surface area contributed by atoms with Gasteiger partial charge in [0.1, 0.15) is 0 Å². The van der Waals surface area contributed by atoms with Crippen molar-refractivity contribution in [1.82, 2.24) is 9.66 Å². The van der Waals surface area contributed by atoms with Crippen LogP contribution in [0.5, 0.6) is 0 Å². The molecule has 26 heavy (non-hydrogen) atoms. The van der Waals surface area contributed by atoms with Crippen LogP contribution in [0.4, 0.5) is 5.69 Å². The van der Waals surface area contributed by atoms with E-state index in [0.717, 1.165) is 16.4 Å². The summed E-state index contributed by atoms with van der Waals surface area (Å²) in [6.07, 6.45) is 0. The molecule has 3 rings (SSSR count). The molecule has 0 aliphatic rings. The van der Waals surface area contributed by atoms with Gasteiger partial charge in [-0.3, -0.25) is 14.4 Å². The Balaban J connectivity index is 1.69. The second-order valence-electron chi connectivity index (χ2n) is 5.56. The summed E-state index contributed by atoms with van der Waals surface area (Å²) in [6.45, 7) is 1.48. The van der Waals surface area contributed by atoms with E-state index in [9.17, 15) is 14.4 Å². The molecule has 0 saturated carbocycles. The number of thioether (sulfide) groups is 1. The molecular weight excluding hydrogens is 352 g/mol. The average Bonchev–Trinajstić information content (AvgIpc) is 2.64. The highest BCUT2D eigenvalue weighted by molar-refractivity contribution is 7.99. The minimum Gasteiger partial charge on any atom is -0.334 e. The maximum absolute atomic E-state index is 12.2. The van der Waals surface area contributed by atoms with Crippen LogP contribution < -0.4 is 16.7 Å². The summed E-state index contributed by atoms with van der Waals surface area (Å²) in [5.41, 5.74) is 1.32. The predicted molar refractivity (Wildman–Crippen MR) is 102 cm³/mol. The highest BCUT2D eigenvalue weighted by atomic mass is 32.2. The first-order chi connectivity index (χ1) is 12.5. The molecule has 0 radical (unpaired) electrons. The lowest BCUT2D eigenvalue weighted by Gasteiger charge is -2.09. The van der Waals surface area contributed by atoms with Gasteiger partial charge in [0, 0.05) is 11.3 Å². The normalized spacial score (nSPS) is 10.7. The zero-order valence-corrected chi connectivity index (χ0v) is 14.7. The van der Waals surface area contributed by atoms with E-state index >= 15 is 0 Å². The second kappa shape index (κ2) is 7.40. The number of fused-ring (bicyclic) bond motifs is 1. The van der Waals surface area contributed by atoms with Gasteiger partial charge in [0.05, 0.1) is 16.7 Å². The number of carbonyl (C=O) groups is 2. The predicted octanol–water partition coefficient (Wildman–Crippen LogP) is 2.04. The zero-order valence-electron chi connectivity index (χ0n) is 13.9. The van der Waals surface area contributed by atoms with Gasteiger partial charge in [-0.15, -0.1) is 0 Å². The van der Waals surface area contributed by atoms with E-state index in [1.807, 2.05) is 0 Å². The summed E-state index contributed by atoms with van der Waals surface area (Å²) in [7, 11) is 0. The molecular formula is C18H16N4O3S. The summed E-state index contributed by atoms with van der Waals surface area (Å²) in [4.78, 5) is 39.9. The lowest BCUT2D eigenvalue weighted by atomic mass is 10.1. The number of hydrogen-bond donors (Lipinski definition) is 2. The Morgan fingerprint density at radius 3 is 2.54 bits per heavy atom. The summed E-state index contributed by atoms with van der Waals surface area (Å²) in [5, 5.41) is 3.41. The number of rotatable bonds is 5. The van der Waals surface area contributed by atoms with E-state index in [1.165, 1.54) is 6.92 Å². The largest absolute Gasteiger partial charge is 0.334 e. The van der Waals surface area contributed by atoms with Crippen LogP contribution in [0, 0.1) is 0 Å². The van der Waals surface area contributed by atoms with Crippen molar-refractivity contribution in [3.8, 4) is 0 Å². The van der Waals surface area contributed by atoms with Crippen LogP contribution >= 0.6 is 11.8 Å². The Labute approximate surface area is 153 Å². The first-order valence-electron chi connectivity index (χ1n) is 7.76. The Bertz CT molecular complexity index is 1040. The molecule has 0 spiro atoms. The van der Waals surface area contributed by atoms with Crippen molar-refractivity contribution < 1.29 is 9.59 Å². The monoisotopic (exact) mass is 368 g/mol. The number of benzene rings is 2. The fourth-order valence-corrected chi connectivity index (χ4v) is 3.06. The van der Waals surface area contributed by atoms with Gasteiger partial charge in [-0.1, -0.05) is 23.9 Å². The van der Waals surface area contributed by atoms with Gasteiger partial charge < -0.3 is 11.2 Å². The number of hydrogen-bond acceptors (Lipinski definition) is 6. The van der Waals surface area contributed by atoms with E-state index in [4.69, 9.17) is 5.84 Å². The number of nitrogens with two attached hydrogens (primary N) is 1. The third kappa shape index (κ3) is 3.75. The van der Waals surface area contributed by atoms with E-state index in [2.05, 4.69) is 10.3 Å². The van der Waals surface area contributed by atoms with Crippen molar-refractivity contribution in [2.75, 3.05) is 16.9 Å². The Morgan fingerprint density at radius 2 is 1.85 bits per heavy atom. The van der Waals surface area contributed by atoms with Crippen LogP contribution in [0.1, 0.15) is 17.3 Å². The van der Waals surface area contributed by atoms with E-state index in [0.29, 0.717) is 22.2 Å². The number of carbonyl (C=O) groups excluding carboxylic acids is 2. The molecule has 0 aliphatic heterocycles. The minimum atomic E-state index is -0.363. The van der Waals surface area contributed by atoms with Gasteiger partial charge in [0.15, 0.2) is 10.9 Å². The van der Waals surface area contributed by atoms with E-state index < -0.39 is 0 Å². The van der Waals surface area contributed by atoms with Gasteiger partial charge in [-0.05, 0) is 43.3 Å². The number of amides is 1. The Morgan fingerprint density at radius 1 is 1.15 bits per heavy atom. The highest BCUT2D eigenvalue weighted by Crippen LogP contribution is 2.17. The van der Waals surface area contributed by atoms with Gasteiger partial charge >= 0.3 is 0 Å². The van der Waals surface area contributed by atoms with Gasteiger partial charge in [0.2, 0.25) is 5.91 Å². The summed E-state index contributed by atoms with van der Waals surface area (Å²) >= 11 is 1.07. The topological polar surface area (TPSA) is 107 Å². The van der Waals surface area contributed by atoms with Crippen molar-refractivity contribution in [3.05, 3.63) is 64.4 Å². The number of Topliss-reactive ketones (excluding diaryl/α,β-unsaturated/α-hetero) is 1. The van der Waals surface area contributed by atoms with Crippen LogP contribution in [0.2, 0.25) is 0 Å². The van der Waals surface area contributed by atoms with Crippen LogP contribution in [0.3, 0.4) is 0 Å². The maximum Gasteiger partial charge on any atom is 0.280 e. The molecule has 1 heterocycles. The number of para-hydroxylation sites is 1. The average molecular weight is 368 g/mol. The summed E-state index contributed by atoms with van der Waals surface area (Å²) in [5.74, 6) is 5.52. The van der Waals surface area contributed by atoms with Crippen molar-refractivity contribution in [1.29, 1.82) is 0 Å². The van der Waals surface area contributed by atoms with E-state index in [-0.39, 0.29) is 28.2 Å². The standard InChI is InChI=1S/C18H16N4O3S/c1-11(23)12-6-8-13(9-7-12)20-16(24)10-26-18-21-15-5-3-2-4-14(15)17(25)22(18)19/h2-9H,10,19H2,1H3,(H,20,24). The number of nitrogen functional groups attached to an aromatic ring is 1. The van der Waals surface area contributed by atoms with Gasteiger partial charge in [0.25, 0.3) is 5.56 Å². The van der Waals surface area contributed by atoms with Crippen LogP contribution in [-0.4, -0.2) is 27.1 Å². The summed E-state index contributed by atoms with van der Waals surface area (Å²) in [6, 6.07) is 13.5. The third-order valence-corrected chi connectivity index (χ3v) is 4.64. The highest BCUT2D eigenvalue weighted by Gasteiger charge is 2.11. The molecule has 3 aromatic rings.